The van der Waals surface area contributed by atoms with E-state index in [1.165, 1.54) is 0 Å². The molecule has 0 unspecified atom stereocenters. The highest BCUT2D eigenvalue weighted by molar-refractivity contribution is 7.17. The van der Waals surface area contributed by atoms with Crippen LogP contribution in [0, 0.1) is 6.92 Å². The smallest absolute Gasteiger partial charge is 0.284 e. The summed E-state index contributed by atoms with van der Waals surface area (Å²) in [5.41, 5.74) is 0.486. The third-order valence-corrected chi connectivity index (χ3v) is 5.33. The first kappa shape index (κ1) is 18.4. The van der Waals surface area contributed by atoms with Gasteiger partial charge in [-0.3, -0.25) is 13.9 Å². The van der Waals surface area contributed by atoms with Gasteiger partial charge < -0.3 is 0 Å². The molecule has 2 heterocycles. The second kappa shape index (κ2) is 7.11. The molecule has 0 atom stereocenters. The number of nitrogens with zero attached hydrogens (tertiary/aromatic N) is 2. The summed E-state index contributed by atoms with van der Waals surface area (Å²) in [5.74, 6) is 0. The number of hydrogen-bond donors (Lipinski definition) is 0. The molecule has 0 aliphatic carbocycles. The molecule has 138 valence electrons. The first-order valence-corrected chi connectivity index (χ1v) is 8.98. The fourth-order valence-electron chi connectivity index (χ4n) is 2.86. The van der Waals surface area contributed by atoms with Gasteiger partial charge in [0.05, 0.1) is 11.8 Å². The maximum absolute atomic E-state index is 12.7. The highest BCUT2D eigenvalue weighted by Crippen LogP contribution is 2.24. The summed E-state index contributed by atoms with van der Waals surface area (Å²) in [7, 11) is 0. The first-order valence-electron chi connectivity index (χ1n) is 8.10. The summed E-state index contributed by atoms with van der Waals surface area (Å²) in [6.45, 7) is 1.35. The van der Waals surface area contributed by atoms with Crippen LogP contribution in [0.3, 0.4) is 0 Å². The van der Waals surface area contributed by atoms with Crippen LogP contribution in [0.15, 0.2) is 45.3 Å². The van der Waals surface area contributed by atoms with Gasteiger partial charge in [0.1, 0.15) is 4.83 Å². The Morgan fingerprint density at radius 1 is 1.04 bits per heavy atom. The molecule has 1 aromatic carbocycles. The third-order valence-electron chi connectivity index (χ3n) is 4.21. The molecule has 0 spiro atoms. The zero-order chi connectivity index (χ0) is 18.9. The zero-order valence-electron chi connectivity index (χ0n) is 14.0. The van der Waals surface area contributed by atoms with Gasteiger partial charge in [-0.05, 0) is 29.9 Å². The number of aryl methyl sites for hydroxylation is 3. The fourth-order valence-corrected chi connectivity index (χ4v) is 3.93. The van der Waals surface area contributed by atoms with Crippen LogP contribution in [0.25, 0.3) is 10.2 Å². The van der Waals surface area contributed by atoms with E-state index < -0.39 is 30.4 Å². The Morgan fingerprint density at radius 3 is 2.38 bits per heavy atom. The van der Waals surface area contributed by atoms with Crippen molar-refractivity contribution in [2.24, 2.45) is 0 Å². The summed E-state index contributed by atoms with van der Waals surface area (Å²) in [5, 5.41) is 2.02. The van der Waals surface area contributed by atoms with E-state index in [-0.39, 0.29) is 6.54 Å². The summed E-state index contributed by atoms with van der Waals surface area (Å²) in [4.78, 5) is 25.8. The minimum atomic E-state index is -4.37. The van der Waals surface area contributed by atoms with Crippen LogP contribution in [-0.2, 0) is 19.5 Å². The van der Waals surface area contributed by atoms with Crippen LogP contribution >= 0.6 is 11.3 Å². The molecule has 3 rings (SSSR count). The molecule has 4 nitrogen and oxygen atoms in total. The minimum Gasteiger partial charge on any atom is -0.284 e. The van der Waals surface area contributed by atoms with Gasteiger partial charge in [-0.2, -0.15) is 13.2 Å². The number of thiophene rings is 1. The number of fused-ring (bicyclic) bond motifs is 1. The Hall–Kier alpha value is -2.35. The van der Waals surface area contributed by atoms with Crippen molar-refractivity contribution >= 4 is 21.6 Å². The third kappa shape index (κ3) is 3.75. The van der Waals surface area contributed by atoms with E-state index >= 15 is 0 Å². The van der Waals surface area contributed by atoms with E-state index in [0.29, 0.717) is 22.2 Å². The van der Waals surface area contributed by atoms with Gasteiger partial charge in [0.15, 0.2) is 0 Å². The van der Waals surface area contributed by atoms with E-state index in [9.17, 15) is 22.8 Å². The van der Waals surface area contributed by atoms with Crippen LogP contribution < -0.4 is 11.2 Å². The number of benzene rings is 1. The summed E-state index contributed by atoms with van der Waals surface area (Å²) in [6, 6.07) is 9.32. The molecule has 0 radical (unpaired) electrons. The lowest BCUT2D eigenvalue weighted by atomic mass is 10.1. The van der Waals surface area contributed by atoms with Crippen molar-refractivity contribution < 1.29 is 13.2 Å². The number of hydrogen-bond acceptors (Lipinski definition) is 3. The quantitative estimate of drug-likeness (QED) is 0.675. The Morgan fingerprint density at radius 2 is 1.73 bits per heavy atom. The Kier molecular flexibility index (Phi) is 5.04. The predicted molar refractivity (Wildman–Crippen MR) is 95.9 cm³/mol. The van der Waals surface area contributed by atoms with Gasteiger partial charge in [-0.25, -0.2) is 4.79 Å². The molecule has 2 aromatic heterocycles. The van der Waals surface area contributed by atoms with Crippen molar-refractivity contribution in [1.29, 1.82) is 0 Å². The van der Waals surface area contributed by atoms with Crippen molar-refractivity contribution in [3.8, 4) is 0 Å². The van der Waals surface area contributed by atoms with Crippen LogP contribution in [0.1, 0.15) is 17.5 Å². The Labute approximate surface area is 151 Å². The maximum Gasteiger partial charge on any atom is 0.390 e. The molecule has 0 aliphatic rings. The summed E-state index contributed by atoms with van der Waals surface area (Å²) < 4.78 is 40.1. The SMILES string of the molecule is Cc1csc2c1c(=O)n(CCc1ccccc1)c(=O)n2CCC(F)(F)F. The minimum absolute atomic E-state index is 0.124. The van der Waals surface area contributed by atoms with E-state index in [0.717, 1.165) is 26.0 Å². The molecule has 0 saturated heterocycles. The molecule has 26 heavy (non-hydrogen) atoms. The second-order valence-corrected chi connectivity index (χ2v) is 6.95. The normalized spacial score (nSPS) is 12.0. The van der Waals surface area contributed by atoms with Gasteiger partial charge in [0, 0.05) is 13.1 Å². The summed E-state index contributed by atoms with van der Waals surface area (Å²) in [6.07, 6.45) is -5.04. The standard InChI is InChI=1S/C18H17F3N2O2S/c1-12-11-26-16-14(12)15(24)22(9-7-13-5-3-2-4-6-13)17(25)23(16)10-8-18(19,20)21/h2-6,11H,7-10H2,1H3. The molecule has 0 amide bonds. The first-order chi connectivity index (χ1) is 12.3. The van der Waals surface area contributed by atoms with Crippen LogP contribution in [0.4, 0.5) is 13.2 Å². The molecule has 0 aliphatic heterocycles. The van der Waals surface area contributed by atoms with Crippen LogP contribution in [0.2, 0.25) is 0 Å². The number of rotatable bonds is 5. The molecular weight excluding hydrogens is 365 g/mol. The second-order valence-electron chi connectivity index (χ2n) is 6.09. The zero-order valence-corrected chi connectivity index (χ0v) is 14.9. The molecular formula is C18H17F3N2O2S. The van der Waals surface area contributed by atoms with E-state index in [2.05, 4.69) is 0 Å². The van der Waals surface area contributed by atoms with E-state index in [1.54, 1.807) is 12.3 Å². The number of halogens is 3. The monoisotopic (exact) mass is 382 g/mol. The predicted octanol–water partition coefficient (Wildman–Crippen LogP) is 3.73. The highest BCUT2D eigenvalue weighted by atomic mass is 32.1. The van der Waals surface area contributed by atoms with Crippen molar-refractivity contribution in [2.45, 2.75) is 39.0 Å². The lowest BCUT2D eigenvalue weighted by Gasteiger charge is -2.13. The average Bonchev–Trinajstić information content (AvgIpc) is 2.96. The van der Waals surface area contributed by atoms with Gasteiger partial charge in [0.25, 0.3) is 5.56 Å². The number of aromatic nitrogens is 2. The molecule has 8 heteroatoms. The van der Waals surface area contributed by atoms with Crippen molar-refractivity contribution in [1.82, 2.24) is 9.13 Å². The van der Waals surface area contributed by atoms with Crippen molar-refractivity contribution in [3.63, 3.8) is 0 Å². The lowest BCUT2D eigenvalue weighted by Crippen LogP contribution is -2.40. The topological polar surface area (TPSA) is 44.0 Å². The number of alkyl halides is 3. The van der Waals surface area contributed by atoms with Crippen molar-refractivity contribution in [3.05, 3.63) is 67.7 Å². The lowest BCUT2D eigenvalue weighted by molar-refractivity contribution is -0.136. The molecule has 0 bridgehead atoms. The van der Waals surface area contributed by atoms with Gasteiger partial charge >= 0.3 is 11.9 Å². The van der Waals surface area contributed by atoms with Gasteiger partial charge in [-0.15, -0.1) is 11.3 Å². The van der Waals surface area contributed by atoms with Crippen molar-refractivity contribution in [2.75, 3.05) is 0 Å². The fraction of sp³-hybridized carbons (Fsp3) is 0.333. The molecule has 0 N–H and O–H groups in total. The highest BCUT2D eigenvalue weighted by Gasteiger charge is 2.28. The van der Waals surface area contributed by atoms with E-state index in [4.69, 9.17) is 0 Å². The molecule has 0 saturated carbocycles. The summed E-state index contributed by atoms with van der Waals surface area (Å²) >= 11 is 1.12. The van der Waals surface area contributed by atoms with Crippen LogP contribution in [0.5, 0.6) is 0 Å². The molecule has 3 aromatic rings. The van der Waals surface area contributed by atoms with Crippen LogP contribution in [-0.4, -0.2) is 15.3 Å². The maximum atomic E-state index is 12.7. The van der Waals surface area contributed by atoms with E-state index in [1.807, 2.05) is 30.3 Å². The van der Waals surface area contributed by atoms with Gasteiger partial charge in [0.2, 0.25) is 0 Å². The van der Waals surface area contributed by atoms with Gasteiger partial charge in [-0.1, -0.05) is 30.3 Å². The Bertz CT molecular complexity index is 1030. The largest absolute Gasteiger partial charge is 0.390 e. The Balaban J connectivity index is 2.06. The molecule has 0 fully saturated rings. The average molecular weight is 382 g/mol.